The molecule has 0 bridgehead atoms. The molecule has 0 unspecified atom stereocenters. The Hall–Kier alpha value is -2.27. The van der Waals surface area contributed by atoms with Crippen molar-refractivity contribution < 1.29 is 0 Å². The molecule has 2 nitrogen and oxygen atoms in total. The van der Waals surface area contributed by atoms with Gasteiger partial charge in [0.05, 0.1) is 11.6 Å². The van der Waals surface area contributed by atoms with Crippen molar-refractivity contribution in [2.24, 2.45) is 11.3 Å². The average molecular weight is 288 g/mol. The number of aryl methyl sites for hydroxylation is 1. The van der Waals surface area contributed by atoms with Crippen LogP contribution in [0, 0.1) is 29.6 Å². The minimum atomic E-state index is 0.223. The molecule has 2 atom stereocenters. The molecule has 1 aromatic heterocycles. The number of benzene rings is 2. The van der Waals surface area contributed by atoms with Crippen molar-refractivity contribution in [2.75, 3.05) is 0 Å². The Morgan fingerprint density at radius 2 is 1.91 bits per heavy atom. The van der Waals surface area contributed by atoms with Crippen molar-refractivity contribution in [1.29, 1.82) is 5.26 Å². The van der Waals surface area contributed by atoms with Gasteiger partial charge in [-0.3, -0.25) is 0 Å². The van der Waals surface area contributed by atoms with E-state index in [-0.39, 0.29) is 5.41 Å². The molecule has 4 rings (SSSR count). The van der Waals surface area contributed by atoms with Gasteiger partial charge < -0.3 is 4.98 Å². The Balaban J connectivity index is 1.95. The van der Waals surface area contributed by atoms with Gasteiger partial charge in [0.25, 0.3) is 0 Å². The van der Waals surface area contributed by atoms with Gasteiger partial charge in [-0.1, -0.05) is 50.2 Å². The molecule has 0 saturated heterocycles. The molecule has 110 valence electrons. The van der Waals surface area contributed by atoms with E-state index < -0.39 is 0 Å². The standard InChI is InChI=1S/C20H20N2/c1-12-17(18-16(10-11-21)20(18,2)3)15-9-8-13-6-4-5-7-14(13)19(15)22-12/h4-9,16,18,22H,10H2,1-3H3/t16-,18-/m1/s1. The highest BCUT2D eigenvalue weighted by Crippen LogP contribution is 2.67. The first-order chi connectivity index (χ1) is 10.6. The van der Waals surface area contributed by atoms with Crippen LogP contribution in [-0.4, -0.2) is 4.98 Å². The summed E-state index contributed by atoms with van der Waals surface area (Å²) >= 11 is 0. The highest BCUT2D eigenvalue weighted by atomic mass is 14.7. The fourth-order valence-electron chi connectivity index (χ4n) is 4.28. The SMILES string of the molecule is Cc1[nH]c2c(ccc3ccccc32)c1[C@H]1[C@@H](CC#N)C1(C)C. The minimum Gasteiger partial charge on any atom is -0.358 e. The average Bonchev–Trinajstić information content (AvgIpc) is 2.87. The second kappa shape index (κ2) is 4.36. The van der Waals surface area contributed by atoms with Gasteiger partial charge in [0.15, 0.2) is 0 Å². The van der Waals surface area contributed by atoms with Crippen molar-refractivity contribution >= 4 is 21.7 Å². The number of aromatic nitrogens is 1. The van der Waals surface area contributed by atoms with Gasteiger partial charge in [-0.05, 0) is 35.1 Å². The molecule has 22 heavy (non-hydrogen) atoms. The Labute approximate surface area is 130 Å². The first kappa shape index (κ1) is 13.4. The van der Waals surface area contributed by atoms with Crippen molar-refractivity contribution in [1.82, 2.24) is 4.98 Å². The van der Waals surface area contributed by atoms with Crippen LogP contribution in [0.5, 0.6) is 0 Å². The van der Waals surface area contributed by atoms with E-state index in [1.165, 1.54) is 32.9 Å². The lowest BCUT2D eigenvalue weighted by Crippen LogP contribution is -1.91. The topological polar surface area (TPSA) is 39.6 Å². The fourth-order valence-corrected chi connectivity index (χ4v) is 4.28. The van der Waals surface area contributed by atoms with Gasteiger partial charge in [0, 0.05) is 22.9 Å². The van der Waals surface area contributed by atoms with Crippen LogP contribution in [0.25, 0.3) is 21.7 Å². The van der Waals surface area contributed by atoms with Gasteiger partial charge in [-0.25, -0.2) is 0 Å². The highest BCUT2D eigenvalue weighted by Gasteiger charge is 2.58. The molecule has 0 radical (unpaired) electrons. The Kier molecular flexibility index (Phi) is 2.66. The van der Waals surface area contributed by atoms with Crippen LogP contribution in [-0.2, 0) is 0 Å². The Morgan fingerprint density at radius 3 is 2.68 bits per heavy atom. The molecule has 1 N–H and O–H groups in total. The number of fused-ring (bicyclic) bond motifs is 3. The monoisotopic (exact) mass is 288 g/mol. The molecule has 0 amide bonds. The van der Waals surface area contributed by atoms with Crippen LogP contribution in [0.3, 0.4) is 0 Å². The molecule has 1 aliphatic carbocycles. The van der Waals surface area contributed by atoms with Gasteiger partial charge in [0.1, 0.15) is 0 Å². The second-order valence-electron chi connectivity index (χ2n) is 7.14. The summed E-state index contributed by atoms with van der Waals surface area (Å²) in [5.74, 6) is 0.962. The molecule has 1 aliphatic rings. The smallest absolute Gasteiger partial charge is 0.0625 e. The summed E-state index contributed by atoms with van der Waals surface area (Å²) in [6.07, 6.45) is 0.650. The summed E-state index contributed by atoms with van der Waals surface area (Å²) in [7, 11) is 0. The third-order valence-electron chi connectivity index (χ3n) is 5.61. The van der Waals surface area contributed by atoms with E-state index in [1.807, 2.05) is 0 Å². The summed E-state index contributed by atoms with van der Waals surface area (Å²) in [6.45, 7) is 6.75. The van der Waals surface area contributed by atoms with Crippen LogP contribution in [0.1, 0.15) is 37.4 Å². The summed E-state index contributed by atoms with van der Waals surface area (Å²) in [5, 5.41) is 13.0. The van der Waals surface area contributed by atoms with Crippen LogP contribution in [0.2, 0.25) is 0 Å². The van der Waals surface area contributed by atoms with E-state index in [0.717, 1.165) is 0 Å². The van der Waals surface area contributed by atoms with Crippen molar-refractivity contribution in [2.45, 2.75) is 33.1 Å². The number of hydrogen-bond acceptors (Lipinski definition) is 1. The molecule has 0 spiro atoms. The molecule has 1 fully saturated rings. The van der Waals surface area contributed by atoms with Crippen molar-refractivity contribution in [3.05, 3.63) is 47.7 Å². The normalized spacial score (nSPS) is 22.8. The number of rotatable bonds is 2. The number of H-pyrrole nitrogens is 1. The fraction of sp³-hybridized carbons (Fsp3) is 0.350. The number of aromatic amines is 1. The minimum absolute atomic E-state index is 0.223. The van der Waals surface area contributed by atoms with E-state index in [0.29, 0.717) is 18.3 Å². The zero-order valence-corrected chi connectivity index (χ0v) is 13.3. The number of hydrogen-bond donors (Lipinski definition) is 1. The molecule has 3 aromatic rings. The molecular formula is C20H20N2. The maximum Gasteiger partial charge on any atom is 0.0625 e. The predicted molar refractivity (Wildman–Crippen MR) is 90.8 cm³/mol. The summed E-state index contributed by atoms with van der Waals surface area (Å²) in [4.78, 5) is 3.61. The van der Waals surface area contributed by atoms with E-state index in [9.17, 15) is 0 Å². The van der Waals surface area contributed by atoms with E-state index in [2.05, 4.69) is 68.2 Å². The largest absolute Gasteiger partial charge is 0.358 e. The molecule has 1 saturated carbocycles. The van der Waals surface area contributed by atoms with E-state index in [1.54, 1.807) is 0 Å². The molecule has 2 aromatic carbocycles. The maximum atomic E-state index is 9.09. The van der Waals surface area contributed by atoms with Crippen molar-refractivity contribution in [3.8, 4) is 6.07 Å². The van der Waals surface area contributed by atoms with Gasteiger partial charge in [0.2, 0.25) is 0 Å². The maximum absolute atomic E-state index is 9.09. The van der Waals surface area contributed by atoms with Crippen LogP contribution in [0.15, 0.2) is 36.4 Å². The highest BCUT2D eigenvalue weighted by molar-refractivity contribution is 6.07. The second-order valence-corrected chi connectivity index (χ2v) is 7.14. The number of nitrogens with zero attached hydrogens (tertiary/aromatic N) is 1. The quantitative estimate of drug-likeness (QED) is 0.684. The lowest BCUT2D eigenvalue weighted by Gasteiger charge is -2.04. The van der Waals surface area contributed by atoms with Gasteiger partial charge in [-0.2, -0.15) is 5.26 Å². The number of nitriles is 1. The lowest BCUT2D eigenvalue weighted by molar-refractivity contribution is 0.559. The first-order valence-electron chi connectivity index (χ1n) is 7.92. The van der Waals surface area contributed by atoms with Crippen LogP contribution in [0.4, 0.5) is 0 Å². The molecule has 0 aliphatic heterocycles. The van der Waals surface area contributed by atoms with Gasteiger partial charge in [-0.15, -0.1) is 0 Å². The summed E-state index contributed by atoms with van der Waals surface area (Å²) in [6, 6.07) is 15.3. The molecule has 2 heteroatoms. The summed E-state index contributed by atoms with van der Waals surface area (Å²) < 4.78 is 0. The third-order valence-corrected chi connectivity index (χ3v) is 5.61. The van der Waals surface area contributed by atoms with E-state index >= 15 is 0 Å². The number of nitrogens with one attached hydrogen (secondary N) is 1. The zero-order chi connectivity index (χ0) is 15.5. The Morgan fingerprint density at radius 1 is 1.14 bits per heavy atom. The van der Waals surface area contributed by atoms with Crippen molar-refractivity contribution in [3.63, 3.8) is 0 Å². The predicted octanol–water partition coefficient (Wildman–Crippen LogP) is 5.28. The molecule has 1 heterocycles. The van der Waals surface area contributed by atoms with Gasteiger partial charge >= 0.3 is 0 Å². The third kappa shape index (κ3) is 1.66. The summed E-state index contributed by atoms with van der Waals surface area (Å²) in [5.41, 5.74) is 4.14. The van der Waals surface area contributed by atoms with E-state index in [4.69, 9.17) is 5.26 Å². The first-order valence-corrected chi connectivity index (χ1v) is 7.92. The zero-order valence-electron chi connectivity index (χ0n) is 13.3. The Bertz CT molecular complexity index is 924. The van der Waals surface area contributed by atoms with Crippen LogP contribution >= 0.6 is 0 Å². The van der Waals surface area contributed by atoms with Crippen LogP contribution < -0.4 is 0 Å². The lowest BCUT2D eigenvalue weighted by atomic mass is 9.98. The molecular weight excluding hydrogens is 268 g/mol.